The molecule has 0 aliphatic rings. The Bertz CT molecular complexity index is 1100. The fourth-order valence-electron chi connectivity index (χ4n) is 2.52. The van der Waals surface area contributed by atoms with E-state index >= 15 is 0 Å². The van der Waals surface area contributed by atoms with Crippen molar-refractivity contribution >= 4 is 29.1 Å². The minimum Gasteiger partial charge on any atom is -0.368 e. The number of aromatic nitrogens is 2. The molecule has 0 aliphatic heterocycles. The van der Waals surface area contributed by atoms with Crippen molar-refractivity contribution < 1.29 is 22.8 Å². The lowest BCUT2D eigenvalue weighted by molar-refractivity contribution is -0.137. The van der Waals surface area contributed by atoms with Crippen molar-refractivity contribution in [3.8, 4) is 0 Å². The van der Waals surface area contributed by atoms with Crippen LogP contribution in [0.2, 0.25) is 0 Å². The third-order valence-corrected chi connectivity index (χ3v) is 4.13. The number of anilines is 3. The summed E-state index contributed by atoms with van der Waals surface area (Å²) in [4.78, 5) is 32.2. The van der Waals surface area contributed by atoms with Gasteiger partial charge in [-0.3, -0.25) is 9.59 Å². The van der Waals surface area contributed by atoms with Gasteiger partial charge >= 0.3 is 6.18 Å². The standard InChI is InChI=1S/C20H16F3N5O2/c1-11-5-6-15(8-16(11)28-18(30)13-9-25-19(24)26-10-13)27-17(29)12-3-2-4-14(7-12)20(21,22)23/h2-10H,1H3,(H,27,29)(H,28,30)(H2,24,25,26). The van der Waals surface area contributed by atoms with Gasteiger partial charge in [0.05, 0.1) is 11.1 Å². The normalized spacial score (nSPS) is 11.1. The number of carbonyl (C=O) groups is 2. The van der Waals surface area contributed by atoms with E-state index < -0.39 is 23.6 Å². The molecule has 0 saturated heterocycles. The number of nitrogens with one attached hydrogen (secondary N) is 2. The highest BCUT2D eigenvalue weighted by atomic mass is 19.4. The van der Waals surface area contributed by atoms with Crippen LogP contribution in [0.5, 0.6) is 0 Å². The molecule has 2 amide bonds. The Morgan fingerprint density at radius 3 is 2.27 bits per heavy atom. The van der Waals surface area contributed by atoms with Crippen LogP contribution in [0.3, 0.4) is 0 Å². The van der Waals surface area contributed by atoms with E-state index in [-0.39, 0.29) is 17.1 Å². The zero-order valence-corrected chi connectivity index (χ0v) is 15.6. The number of rotatable bonds is 4. The van der Waals surface area contributed by atoms with E-state index in [0.29, 0.717) is 16.9 Å². The van der Waals surface area contributed by atoms with Crippen molar-refractivity contribution in [2.24, 2.45) is 0 Å². The number of hydrogen-bond donors (Lipinski definition) is 3. The van der Waals surface area contributed by atoms with E-state index in [0.717, 1.165) is 18.2 Å². The van der Waals surface area contributed by atoms with E-state index in [1.807, 2.05) is 0 Å². The van der Waals surface area contributed by atoms with Gasteiger partial charge in [-0.05, 0) is 42.8 Å². The van der Waals surface area contributed by atoms with Gasteiger partial charge in [-0.25, -0.2) is 9.97 Å². The SMILES string of the molecule is Cc1ccc(NC(=O)c2cccc(C(F)(F)F)c2)cc1NC(=O)c1cnc(N)nc1. The molecule has 0 unspecified atom stereocenters. The number of amides is 2. The van der Waals surface area contributed by atoms with E-state index in [2.05, 4.69) is 20.6 Å². The molecule has 0 fully saturated rings. The van der Waals surface area contributed by atoms with Gasteiger partial charge in [-0.1, -0.05) is 12.1 Å². The summed E-state index contributed by atoms with van der Waals surface area (Å²) in [7, 11) is 0. The first-order valence-corrected chi connectivity index (χ1v) is 8.61. The molecular weight excluding hydrogens is 399 g/mol. The van der Waals surface area contributed by atoms with Gasteiger partial charge in [0.25, 0.3) is 11.8 Å². The van der Waals surface area contributed by atoms with E-state index in [4.69, 9.17) is 5.73 Å². The first-order chi connectivity index (χ1) is 14.1. The second kappa shape index (κ2) is 8.19. The Morgan fingerprint density at radius 2 is 1.60 bits per heavy atom. The number of aryl methyl sites for hydroxylation is 1. The Hall–Kier alpha value is -3.95. The quantitative estimate of drug-likeness (QED) is 0.599. The molecule has 0 radical (unpaired) electrons. The first kappa shape index (κ1) is 20.8. The molecule has 0 atom stereocenters. The van der Waals surface area contributed by atoms with Gasteiger partial charge in [0.2, 0.25) is 5.95 Å². The summed E-state index contributed by atoms with van der Waals surface area (Å²) >= 11 is 0. The molecule has 30 heavy (non-hydrogen) atoms. The Kier molecular flexibility index (Phi) is 5.67. The molecule has 3 rings (SSSR count). The van der Waals surface area contributed by atoms with E-state index in [1.165, 1.54) is 24.5 Å². The van der Waals surface area contributed by atoms with Crippen LogP contribution in [0.1, 0.15) is 31.8 Å². The number of alkyl halides is 3. The number of halogens is 3. The van der Waals surface area contributed by atoms with Crippen molar-refractivity contribution in [1.29, 1.82) is 0 Å². The molecular formula is C20H16F3N5O2. The minimum atomic E-state index is -4.55. The fourth-order valence-corrected chi connectivity index (χ4v) is 2.52. The maximum absolute atomic E-state index is 12.9. The van der Waals surface area contributed by atoms with Crippen molar-refractivity contribution in [2.45, 2.75) is 13.1 Å². The van der Waals surface area contributed by atoms with Gasteiger partial charge in [0, 0.05) is 29.3 Å². The average molecular weight is 415 g/mol. The minimum absolute atomic E-state index is 0.0297. The summed E-state index contributed by atoms with van der Waals surface area (Å²) in [5, 5.41) is 5.19. The summed E-state index contributed by atoms with van der Waals surface area (Å²) in [5.74, 6) is -1.17. The number of benzene rings is 2. The number of hydrogen-bond acceptors (Lipinski definition) is 5. The van der Waals surface area contributed by atoms with Crippen LogP contribution in [0.15, 0.2) is 54.9 Å². The lowest BCUT2D eigenvalue weighted by Gasteiger charge is -2.12. The van der Waals surface area contributed by atoms with Crippen LogP contribution < -0.4 is 16.4 Å². The molecule has 154 valence electrons. The Labute approximate surface area is 169 Å². The van der Waals surface area contributed by atoms with Gasteiger partial charge in [-0.2, -0.15) is 13.2 Å². The fraction of sp³-hybridized carbons (Fsp3) is 0.100. The second-order valence-electron chi connectivity index (χ2n) is 6.35. The van der Waals surface area contributed by atoms with Gasteiger partial charge in [0.1, 0.15) is 0 Å². The third-order valence-electron chi connectivity index (χ3n) is 4.13. The van der Waals surface area contributed by atoms with Crippen LogP contribution in [-0.2, 0) is 6.18 Å². The summed E-state index contributed by atoms with van der Waals surface area (Å²) in [6, 6.07) is 8.82. The molecule has 10 heteroatoms. The van der Waals surface area contributed by atoms with Gasteiger partial charge in [-0.15, -0.1) is 0 Å². The monoisotopic (exact) mass is 415 g/mol. The molecule has 0 spiro atoms. The second-order valence-corrected chi connectivity index (χ2v) is 6.35. The Morgan fingerprint density at radius 1 is 0.933 bits per heavy atom. The number of nitrogens with zero attached hydrogens (tertiary/aromatic N) is 2. The zero-order valence-electron chi connectivity index (χ0n) is 15.6. The predicted octanol–water partition coefficient (Wildman–Crippen LogP) is 3.89. The van der Waals surface area contributed by atoms with Crippen LogP contribution in [0.4, 0.5) is 30.5 Å². The molecule has 7 nitrogen and oxygen atoms in total. The van der Waals surface area contributed by atoms with Crippen molar-refractivity contribution in [1.82, 2.24) is 9.97 Å². The highest BCUT2D eigenvalue weighted by Gasteiger charge is 2.30. The zero-order chi connectivity index (χ0) is 21.9. The predicted molar refractivity (Wildman–Crippen MR) is 105 cm³/mol. The molecule has 2 aromatic carbocycles. The molecule has 1 aromatic heterocycles. The van der Waals surface area contributed by atoms with E-state index in [9.17, 15) is 22.8 Å². The molecule has 0 bridgehead atoms. The lowest BCUT2D eigenvalue weighted by Crippen LogP contribution is -2.16. The highest BCUT2D eigenvalue weighted by molar-refractivity contribution is 6.06. The van der Waals surface area contributed by atoms with Gasteiger partial charge < -0.3 is 16.4 Å². The average Bonchev–Trinajstić information content (AvgIpc) is 2.70. The molecule has 1 heterocycles. The van der Waals surface area contributed by atoms with Crippen LogP contribution in [-0.4, -0.2) is 21.8 Å². The smallest absolute Gasteiger partial charge is 0.368 e. The van der Waals surface area contributed by atoms with E-state index in [1.54, 1.807) is 19.1 Å². The first-order valence-electron chi connectivity index (χ1n) is 8.61. The van der Waals surface area contributed by atoms with Crippen LogP contribution in [0.25, 0.3) is 0 Å². The van der Waals surface area contributed by atoms with Gasteiger partial charge in [0.15, 0.2) is 0 Å². The van der Waals surface area contributed by atoms with Crippen LogP contribution in [0, 0.1) is 6.92 Å². The number of nitrogens with two attached hydrogens (primary N) is 1. The summed E-state index contributed by atoms with van der Waals surface area (Å²) in [5.41, 5.74) is 5.92. The summed E-state index contributed by atoms with van der Waals surface area (Å²) in [6.45, 7) is 1.74. The van der Waals surface area contributed by atoms with Crippen molar-refractivity contribution in [3.05, 3.63) is 77.1 Å². The maximum Gasteiger partial charge on any atom is 0.416 e. The largest absolute Gasteiger partial charge is 0.416 e. The van der Waals surface area contributed by atoms with Crippen molar-refractivity contribution in [2.75, 3.05) is 16.4 Å². The number of carbonyl (C=O) groups excluding carboxylic acids is 2. The molecule has 3 aromatic rings. The third kappa shape index (κ3) is 4.90. The topological polar surface area (TPSA) is 110 Å². The highest BCUT2D eigenvalue weighted by Crippen LogP contribution is 2.30. The molecule has 0 saturated carbocycles. The number of nitrogen functional groups attached to an aromatic ring is 1. The Balaban J connectivity index is 1.77. The van der Waals surface area contributed by atoms with Crippen molar-refractivity contribution in [3.63, 3.8) is 0 Å². The maximum atomic E-state index is 12.9. The summed E-state index contributed by atoms with van der Waals surface area (Å²) < 4.78 is 38.6. The van der Waals surface area contributed by atoms with Crippen LogP contribution >= 0.6 is 0 Å². The molecule has 0 aliphatic carbocycles. The molecule has 4 N–H and O–H groups in total. The lowest BCUT2D eigenvalue weighted by atomic mass is 10.1. The summed E-state index contributed by atoms with van der Waals surface area (Å²) in [6.07, 6.45) is -2.01.